The SMILES string of the molecule is CCOCCCC(=O)N1CCC(NC(=O)c2ccc(C)s2)CC1. The number of piperidine rings is 1. The maximum atomic E-state index is 12.1. The molecule has 1 saturated heterocycles. The molecule has 5 nitrogen and oxygen atoms in total. The highest BCUT2D eigenvalue weighted by atomic mass is 32.1. The monoisotopic (exact) mass is 338 g/mol. The van der Waals surface area contributed by atoms with Crippen LogP contribution in [0.1, 0.15) is 47.2 Å². The predicted octanol–water partition coefficient (Wildman–Crippen LogP) is 2.59. The molecule has 1 fully saturated rings. The lowest BCUT2D eigenvalue weighted by Gasteiger charge is -2.32. The summed E-state index contributed by atoms with van der Waals surface area (Å²) >= 11 is 1.51. The fraction of sp³-hybridized carbons (Fsp3) is 0.647. The first kappa shape index (κ1) is 17.9. The summed E-state index contributed by atoms with van der Waals surface area (Å²) in [5.41, 5.74) is 0. The van der Waals surface area contributed by atoms with Crippen LogP contribution in [0.2, 0.25) is 0 Å². The largest absolute Gasteiger partial charge is 0.382 e. The molecular formula is C17H26N2O3S. The van der Waals surface area contributed by atoms with Gasteiger partial charge in [0.25, 0.3) is 5.91 Å². The Hall–Kier alpha value is -1.40. The zero-order valence-electron chi connectivity index (χ0n) is 14.0. The first-order valence-electron chi connectivity index (χ1n) is 8.33. The van der Waals surface area contributed by atoms with E-state index in [9.17, 15) is 9.59 Å². The number of carbonyl (C=O) groups excluding carboxylic acids is 2. The summed E-state index contributed by atoms with van der Waals surface area (Å²) in [5, 5.41) is 3.08. The van der Waals surface area contributed by atoms with Gasteiger partial charge >= 0.3 is 0 Å². The number of hydrogen-bond acceptors (Lipinski definition) is 4. The van der Waals surface area contributed by atoms with Crippen molar-refractivity contribution in [2.75, 3.05) is 26.3 Å². The molecule has 1 aliphatic heterocycles. The number of nitrogens with zero attached hydrogens (tertiary/aromatic N) is 1. The van der Waals surface area contributed by atoms with E-state index in [2.05, 4.69) is 5.32 Å². The maximum Gasteiger partial charge on any atom is 0.261 e. The molecule has 2 rings (SSSR count). The molecule has 2 amide bonds. The van der Waals surface area contributed by atoms with Gasteiger partial charge in [-0.05, 0) is 45.2 Å². The predicted molar refractivity (Wildman–Crippen MR) is 91.9 cm³/mol. The van der Waals surface area contributed by atoms with Crippen molar-refractivity contribution in [3.8, 4) is 0 Å². The van der Waals surface area contributed by atoms with Crippen LogP contribution in [0.3, 0.4) is 0 Å². The minimum absolute atomic E-state index is 0.00425. The molecule has 0 radical (unpaired) electrons. The summed E-state index contributed by atoms with van der Waals surface area (Å²) < 4.78 is 5.26. The van der Waals surface area contributed by atoms with Crippen molar-refractivity contribution >= 4 is 23.2 Å². The molecule has 0 atom stereocenters. The second-order valence-corrected chi connectivity index (χ2v) is 7.13. The highest BCUT2D eigenvalue weighted by Crippen LogP contribution is 2.17. The molecule has 0 bridgehead atoms. The van der Waals surface area contributed by atoms with E-state index in [0.717, 1.165) is 42.1 Å². The fourth-order valence-corrected chi connectivity index (χ4v) is 3.48. The van der Waals surface area contributed by atoms with Crippen molar-refractivity contribution < 1.29 is 14.3 Å². The zero-order valence-corrected chi connectivity index (χ0v) is 14.8. The van der Waals surface area contributed by atoms with E-state index in [1.165, 1.54) is 11.3 Å². The van der Waals surface area contributed by atoms with Gasteiger partial charge in [-0.25, -0.2) is 0 Å². The summed E-state index contributed by atoms with van der Waals surface area (Å²) in [6.07, 6.45) is 2.98. The molecule has 1 N–H and O–H groups in total. The number of aryl methyl sites for hydroxylation is 1. The number of nitrogens with one attached hydrogen (secondary N) is 1. The van der Waals surface area contributed by atoms with Crippen LogP contribution in [0.15, 0.2) is 12.1 Å². The Balaban J connectivity index is 1.69. The van der Waals surface area contributed by atoms with Crippen LogP contribution in [0.25, 0.3) is 0 Å². The van der Waals surface area contributed by atoms with Crippen LogP contribution in [0, 0.1) is 6.92 Å². The van der Waals surface area contributed by atoms with Crippen LogP contribution >= 0.6 is 11.3 Å². The van der Waals surface area contributed by atoms with Gasteiger partial charge in [0.1, 0.15) is 0 Å². The Morgan fingerprint density at radius 2 is 2.09 bits per heavy atom. The standard InChI is InChI=1S/C17H26N2O3S/c1-3-22-12-4-5-16(20)19-10-8-14(9-11-19)18-17(21)15-7-6-13(2)23-15/h6-7,14H,3-5,8-12H2,1-2H3,(H,18,21). The number of ether oxygens (including phenoxy) is 1. The zero-order chi connectivity index (χ0) is 16.7. The van der Waals surface area contributed by atoms with Crippen LogP contribution < -0.4 is 5.32 Å². The van der Waals surface area contributed by atoms with Crippen LogP contribution in [0.5, 0.6) is 0 Å². The molecule has 6 heteroatoms. The number of thiophene rings is 1. The Labute approximate surface area is 142 Å². The molecule has 0 spiro atoms. The van der Waals surface area contributed by atoms with E-state index >= 15 is 0 Å². The second-order valence-electron chi connectivity index (χ2n) is 5.84. The first-order valence-corrected chi connectivity index (χ1v) is 9.14. The summed E-state index contributed by atoms with van der Waals surface area (Å²) in [6, 6.07) is 3.99. The van der Waals surface area contributed by atoms with Gasteiger partial charge in [-0.1, -0.05) is 0 Å². The van der Waals surface area contributed by atoms with E-state index in [0.29, 0.717) is 19.6 Å². The van der Waals surface area contributed by atoms with Gasteiger partial charge in [-0.2, -0.15) is 0 Å². The van der Waals surface area contributed by atoms with E-state index in [1.807, 2.05) is 30.9 Å². The lowest BCUT2D eigenvalue weighted by atomic mass is 10.0. The molecule has 1 aromatic rings. The van der Waals surface area contributed by atoms with Crippen molar-refractivity contribution in [2.45, 2.75) is 45.6 Å². The van der Waals surface area contributed by atoms with Crippen LogP contribution in [0.4, 0.5) is 0 Å². The van der Waals surface area contributed by atoms with Gasteiger partial charge in [-0.3, -0.25) is 9.59 Å². The van der Waals surface area contributed by atoms with Gasteiger partial charge < -0.3 is 15.0 Å². The number of likely N-dealkylation sites (tertiary alicyclic amines) is 1. The lowest BCUT2D eigenvalue weighted by Crippen LogP contribution is -2.46. The third-order valence-electron chi connectivity index (χ3n) is 4.03. The highest BCUT2D eigenvalue weighted by Gasteiger charge is 2.24. The van der Waals surface area contributed by atoms with Crippen LogP contribution in [-0.4, -0.2) is 49.1 Å². The Bertz CT molecular complexity index is 522. The van der Waals surface area contributed by atoms with E-state index in [1.54, 1.807) is 0 Å². The van der Waals surface area contributed by atoms with Crippen molar-refractivity contribution in [3.63, 3.8) is 0 Å². The maximum absolute atomic E-state index is 12.1. The third kappa shape index (κ3) is 5.62. The average Bonchev–Trinajstić information content (AvgIpc) is 2.99. The molecular weight excluding hydrogens is 312 g/mol. The van der Waals surface area contributed by atoms with Gasteiger partial charge in [0, 0.05) is 43.6 Å². The van der Waals surface area contributed by atoms with Gasteiger partial charge in [0.15, 0.2) is 0 Å². The smallest absolute Gasteiger partial charge is 0.261 e. The normalized spacial score (nSPS) is 15.7. The molecule has 0 aromatic carbocycles. The molecule has 1 aliphatic rings. The fourth-order valence-electron chi connectivity index (χ4n) is 2.71. The molecule has 23 heavy (non-hydrogen) atoms. The van der Waals surface area contributed by atoms with E-state index in [4.69, 9.17) is 4.74 Å². The van der Waals surface area contributed by atoms with Crippen molar-refractivity contribution in [3.05, 3.63) is 21.9 Å². The first-order chi connectivity index (χ1) is 11.1. The van der Waals surface area contributed by atoms with Crippen LogP contribution in [-0.2, 0) is 9.53 Å². The quantitative estimate of drug-likeness (QED) is 0.778. The third-order valence-corrected chi connectivity index (χ3v) is 5.03. The second kappa shape index (κ2) is 9.03. The summed E-state index contributed by atoms with van der Waals surface area (Å²) in [6.45, 7) is 6.75. The van der Waals surface area contributed by atoms with Crippen molar-refractivity contribution in [1.82, 2.24) is 10.2 Å². The Kier molecular flexibility index (Phi) is 7.05. The van der Waals surface area contributed by atoms with Gasteiger partial charge in [-0.15, -0.1) is 11.3 Å². The molecule has 2 heterocycles. The Morgan fingerprint density at radius 1 is 1.35 bits per heavy atom. The van der Waals surface area contributed by atoms with Gasteiger partial charge in [0.05, 0.1) is 4.88 Å². The van der Waals surface area contributed by atoms with E-state index < -0.39 is 0 Å². The molecule has 1 aromatic heterocycles. The topological polar surface area (TPSA) is 58.6 Å². The van der Waals surface area contributed by atoms with E-state index in [-0.39, 0.29) is 17.9 Å². The van der Waals surface area contributed by atoms with Crippen molar-refractivity contribution in [1.29, 1.82) is 0 Å². The number of amides is 2. The molecule has 128 valence electrons. The number of rotatable bonds is 7. The molecule has 0 unspecified atom stereocenters. The highest BCUT2D eigenvalue weighted by molar-refractivity contribution is 7.13. The minimum atomic E-state index is 0.00425. The number of hydrogen-bond donors (Lipinski definition) is 1. The summed E-state index contributed by atoms with van der Waals surface area (Å²) in [7, 11) is 0. The van der Waals surface area contributed by atoms with Crippen molar-refractivity contribution in [2.24, 2.45) is 0 Å². The summed E-state index contributed by atoms with van der Waals surface area (Å²) in [5.74, 6) is 0.202. The lowest BCUT2D eigenvalue weighted by molar-refractivity contribution is -0.132. The average molecular weight is 338 g/mol. The molecule has 0 aliphatic carbocycles. The molecule has 0 saturated carbocycles. The van der Waals surface area contributed by atoms with Gasteiger partial charge in [0.2, 0.25) is 5.91 Å². The Morgan fingerprint density at radius 3 is 2.70 bits per heavy atom. The number of carbonyl (C=O) groups is 2. The minimum Gasteiger partial charge on any atom is -0.382 e. The summed E-state index contributed by atoms with van der Waals surface area (Å²) in [4.78, 5) is 28.1.